The van der Waals surface area contributed by atoms with Gasteiger partial charge in [-0.15, -0.1) is 0 Å². The largest absolute Gasteiger partial charge is 0.481 e. The molecule has 20 heavy (non-hydrogen) atoms. The number of nitrogens with zero attached hydrogens (tertiary/aromatic N) is 1. The van der Waals surface area contributed by atoms with Crippen molar-refractivity contribution in [3.8, 4) is 0 Å². The highest BCUT2D eigenvalue weighted by Gasteiger charge is 2.36. The van der Waals surface area contributed by atoms with Crippen molar-refractivity contribution in [3.05, 3.63) is 35.4 Å². The Kier molecular flexibility index (Phi) is 3.74. The Labute approximate surface area is 116 Å². The molecular weight excluding hydrogens is 260 g/mol. The Morgan fingerprint density at radius 3 is 2.45 bits per heavy atom. The highest BCUT2D eigenvalue weighted by Crippen LogP contribution is 2.24. The number of hydrogen-bond acceptors (Lipinski definition) is 3. The van der Waals surface area contributed by atoms with Gasteiger partial charge in [0, 0.05) is 13.0 Å². The maximum atomic E-state index is 12.2. The van der Waals surface area contributed by atoms with Gasteiger partial charge < -0.3 is 15.7 Å². The summed E-state index contributed by atoms with van der Waals surface area (Å²) in [5.41, 5.74) is 7.22. The van der Waals surface area contributed by atoms with Gasteiger partial charge >= 0.3 is 5.97 Å². The lowest BCUT2D eigenvalue weighted by atomic mass is 9.92. The number of primary amides is 1. The summed E-state index contributed by atoms with van der Waals surface area (Å²) in [5, 5.41) is 8.94. The summed E-state index contributed by atoms with van der Waals surface area (Å²) >= 11 is 0. The van der Waals surface area contributed by atoms with E-state index in [1.807, 2.05) is 24.3 Å². The Hall–Kier alpha value is -2.37. The third-order valence-corrected chi connectivity index (χ3v) is 3.60. The number of hydrogen-bond donors (Lipinski definition) is 2. The number of benzene rings is 1. The average molecular weight is 276 g/mol. The number of carboxylic acids is 1. The van der Waals surface area contributed by atoms with E-state index in [9.17, 15) is 14.4 Å². The van der Waals surface area contributed by atoms with Gasteiger partial charge in [-0.3, -0.25) is 14.4 Å². The van der Waals surface area contributed by atoms with Crippen molar-refractivity contribution in [1.82, 2.24) is 4.90 Å². The highest BCUT2D eigenvalue weighted by molar-refractivity contribution is 5.98. The first-order valence-electron chi connectivity index (χ1n) is 6.31. The molecule has 1 unspecified atom stereocenters. The number of fused-ring (bicyclic) bond motifs is 1. The third-order valence-electron chi connectivity index (χ3n) is 3.60. The second-order valence-electron chi connectivity index (χ2n) is 4.92. The molecule has 0 saturated carbocycles. The van der Waals surface area contributed by atoms with Gasteiger partial charge in [-0.25, -0.2) is 0 Å². The number of aliphatic carboxylic acids is 1. The minimum atomic E-state index is -1.21. The van der Waals surface area contributed by atoms with Gasteiger partial charge in [-0.2, -0.15) is 0 Å². The lowest BCUT2D eigenvalue weighted by Gasteiger charge is -2.36. The summed E-state index contributed by atoms with van der Waals surface area (Å²) in [6, 6.07) is 6.65. The number of carbonyl (C=O) groups is 3. The maximum Gasteiger partial charge on any atom is 0.315 e. The summed E-state index contributed by atoms with van der Waals surface area (Å²) in [6.07, 6.45) is 0.323. The third kappa shape index (κ3) is 2.49. The first kappa shape index (κ1) is 14.0. The Morgan fingerprint density at radius 1 is 1.30 bits per heavy atom. The van der Waals surface area contributed by atoms with Gasteiger partial charge in [-0.05, 0) is 18.1 Å². The fraction of sp³-hybridized carbons (Fsp3) is 0.357. The van der Waals surface area contributed by atoms with E-state index in [-0.39, 0.29) is 6.54 Å². The van der Waals surface area contributed by atoms with Crippen LogP contribution in [0.15, 0.2) is 24.3 Å². The molecule has 0 spiro atoms. The zero-order valence-electron chi connectivity index (χ0n) is 11.1. The molecule has 0 bridgehead atoms. The smallest absolute Gasteiger partial charge is 0.315 e. The fourth-order valence-electron chi connectivity index (χ4n) is 2.36. The Morgan fingerprint density at radius 2 is 1.90 bits per heavy atom. The summed E-state index contributed by atoms with van der Waals surface area (Å²) < 4.78 is 0. The SMILES string of the molecule is CC(C(=O)O)C(=O)N1Cc2ccccc2C[C@H]1C(N)=O. The standard InChI is InChI=1S/C14H16N2O4/c1-8(14(19)20)13(18)16-7-10-5-3-2-4-9(10)6-11(16)12(15)17/h2-5,8,11H,6-7H2,1H3,(H2,15,17)(H,19,20)/t8?,11-/m0/s1. The predicted octanol–water partition coefficient (Wildman–Crippen LogP) is 0.146. The predicted molar refractivity (Wildman–Crippen MR) is 70.5 cm³/mol. The lowest BCUT2D eigenvalue weighted by molar-refractivity contribution is -0.154. The van der Waals surface area contributed by atoms with Gasteiger partial charge in [0.1, 0.15) is 12.0 Å². The van der Waals surface area contributed by atoms with Crippen molar-refractivity contribution in [2.24, 2.45) is 11.7 Å². The van der Waals surface area contributed by atoms with Crippen molar-refractivity contribution in [2.45, 2.75) is 25.9 Å². The van der Waals surface area contributed by atoms with Crippen LogP contribution in [-0.4, -0.2) is 33.8 Å². The molecule has 2 amide bonds. The minimum Gasteiger partial charge on any atom is -0.481 e. The first-order chi connectivity index (χ1) is 9.41. The van der Waals surface area contributed by atoms with Gasteiger partial charge in [0.05, 0.1) is 0 Å². The average Bonchev–Trinajstić information content (AvgIpc) is 2.44. The van der Waals surface area contributed by atoms with Crippen molar-refractivity contribution in [3.63, 3.8) is 0 Å². The molecule has 0 fully saturated rings. The molecule has 1 heterocycles. The quantitative estimate of drug-likeness (QED) is 0.767. The first-order valence-corrected chi connectivity index (χ1v) is 6.31. The molecule has 2 atom stereocenters. The van der Waals surface area contributed by atoms with E-state index in [2.05, 4.69) is 0 Å². The number of carbonyl (C=O) groups excluding carboxylic acids is 2. The van der Waals surface area contributed by atoms with Crippen molar-refractivity contribution >= 4 is 17.8 Å². The van der Waals surface area contributed by atoms with Crippen LogP contribution in [0, 0.1) is 5.92 Å². The van der Waals surface area contributed by atoms with Crippen LogP contribution in [0.4, 0.5) is 0 Å². The van der Waals surface area contributed by atoms with E-state index in [1.165, 1.54) is 11.8 Å². The normalized spacial score (nSPS) is 19.1. The molecule has 1 aliphatic heterocycles. The van der Waals surface area contributed by atoms with Gasteiger partial charge in [0.25, 0.3) is 0 Å². The molecule has 0 aliphatic carbocycles. The van der Waals surface area contributed by atoms with Gasteiger partial charge in [0.2, 0.25) is 11.8 Å². The lowest BCUT2D eigenvalue weighted by Crippen LogP contribution is -2.53. The van der Waals surface area contributed by atoms with E-state index in [4.69, 9.17) is 10.8 Å². The van der Waals surface area contributed by atoms with Gasteiger partial charge in [-0.1, -0.05) is 24.3 Å². The second-order valence-corrected chi connectivity index (χ2v) is 4.92. The summed E-state index contributed by atoms with van der Waals surface area (Å²) in [7, 11) is 0. The van der Waals surface area contributed by atoms with Crippen molar-refractivity contribution in [2.75, 3.05) is 0 Å². The van der Waals surface area contributed by atoms with E-state index >= 15 is 0 Å². The van der Waals surface area contributed by atoms with E-state index in [1.54, 1.807) is 0 Å². The molecule has 1 aromatic carbocycles. The molecule has 6 nitrogen and oxygen atoms in total. The van der Waals surface area contributed by atoms with Crippen molar-refractivity contribution < 1.29 is 19.5 Å². The van der Waals surface area contributed by atoms with Crippen molar-refractivity contribution in [1.29, 1.82) is 0 Å². The summed E-state index contributed by atoms with van der Waals surface area (Å²) in [6.45, 7) is 1.52. The molecule has 0 aromatic heterocycles. The molecule has 0 radical (unpaired) electrons. The van der Waals surface area contributed by atoms with Crippen LogP contribution in [0.2, 0.25) is 0 Å². The molecule has 3 N–H and O–H groups in total. The second kappa shape index (κ2) is 5.32. The summed E-state index contributed by atoms with van der Waals surface area (Å²) in [5.74, 6) is -3.61. The van der Waals surface area contributed by atoms with Gasteiger partial charge in [0.15, 0.2) is 0 Å². The molecule has 1 aliphatic rings. The Bertz CT molecular complexity index is 570. The zero-order chi connectivity index (χ0) is 14.9. The van der Waals surface area contributed by atoms with Crippen LogP contribution in [0.25, 0.3) is 0 Å². The molecule has 0 saturated heterocycles. The van der Waals surface area contributed by atoms with Crippen LogP contribution in [0.5, 0.6) is 0 Å². The minimum absolute atomic E-state index is 0.209. The molecular formula is C14H16N2O4. The van der Waals surface area contributed by atoms with E-state index < -0.39 is 29.7 Å². The molecule has 106 valence electrons. The molecule has 1 aromatic rings. The number of carboxylic acid groups (broad SMARTS) is 1. The topological polar surface area (TPSA) is 101 Å². The van der Waals surface area contributed by atoms with Crippen LogP contribution in [0.1, 0.15) is 18.1 Å². The molecule has 2 rings (SSSR count). The number of nitrogens with two attached hydrogens (primary N) is 1. The monoisotopic (exact) mass is 276 g/mol. The number of amides is 2. The van der Waals surface area contributed by atoms with E-state index in [0.717, 1.165) is 11.1 Å². The Balaban J connectivity index is 2.33. The van der Waals surface area contributed by atoms with Crippen LogP contribution in [0.3, 0.4) is 0 Å². The summed E-state index contributed by atoms with van der Waals surface area (Å²) in [4.78, 5) is 36.0. The van der Waals surface area contributed by atoms with Crippen LogP contribution >= 0.6 is 0 Å². The van der Waals surface area contributed by atoms with E-state index in [0.29, 0.717) is 6.42 Å². The molecule has 6 heteroatoms. The van der Waals surface area contributed by atoms with Crippen LogP contribution in [-0.2, 0) is 27.3 Å². The maximum absolute atomic E-state index is 12.2. The highest BCUT2D eigenvalue weighted by atomic mass is 16.4. The van der Waals surface area contributed by atoms with Crippen LogP contribution < -0.4 is 5.73 Å². The fourth-order valence-corrected chi connectivity index (χ4v) is 2.36. The number of rotatable bonds is 3. The zero-order valence-corrected chi connectivity index (χ0v) is 11.1.